The molecule has 0 saturated carbocycles. The molecule has 1 aromatic heterocycles. The van der Waals surface area contributed by atoms with Gasteiger partial charge in [-0.25, -0.2) is 0 Å². The van der Waals surface area contributed by atoms with Crippen LogP contribution in [-0.2, 0) is 6.54 Å². The Labute approximate surface area is 134 Å². The fourth-order valence-electron chi connectivity index (χ4n) is 2.66. The summed E-state index contributed by atoms with van der Waals surface area (Å²) in [6, 6.07) is 11.0. The van der Waals surface area contributed by atoms with E-state index in [2.05, 4.69) is 6.92 Å². The van der Waals surface area contributed by atoms with E-state index in [1.807, 2.05) is 30.3 Å². The van der Waals surface area contributed by atoms with Crippen molar-refractivity contribution >= 4 is 0 Å². The summed E-state index contributed by atoms with van der Waals surface area (Å²) in [5.41, 5.74) is 1.60. The number of ether oxygens (including phenoxy) is 2. The molecule has 2 aromatic rings. The van der Waals surface area contributed by atoms with Crippen LogP contribution in [0.5, 0.6) is 11.5 Å². The van der Waals surface area contributed by atoms with E-state index in [1.54, 1.807) is 10.6 Å². The second kappa shape index (κ2) is 6.57. The summed E-state index contributed by atoms with van der Waals surface area (Å²) < 4.78 is 12.8. The van der Waals surface area contributed by atoms with Crippen LogP contribution in [0.1, 0.15) is 25.3 Å². The summed E-state index contributed by atoms with van der Waals surface area (Å²) in [7, 11) is 0. The molecule has 0 amide bonds. The molecule has 0 bridgehead atoms. The van der Waals surface area contributed by atoms with Gasteiger partial charge in [0.05, 0.1) is 5.69 Å². The van der Waals surface area contributed by atoms with Crippen LogP contribution < -0.4 is 15.0 Å². The maximum atomic E-state index is 12.5. The van der Waals surface area contributed by atoms with Crippen LogP contribution in [0.25, 0.3) is 11.3 Å². The van der Waals surface area contributed by atoms with Gasteiger partial charge < -0.3 is 14.0 Å². The summed E-state index contributed by atoms with van der Waals surface area (Å²) in [4.78, 5) is 12.5. The highest BCUT2D eigenvalue weighted by atomic mass is 16.6. The molecule has 1 aliphatic rings. The third-order valence-electron chi connectivity index (χ3n) is 3.87. The summed E-state index contributed by atoms with van der Waals surface area (Å²) in [6.07, 6.45) is 1.86. The third-order valence-corrected chi connectivity index (χ3v) is 3.87. The van der Waals surface area contributed by atoms with Gasteiger partial charge in [0.15, 0.2) is 11.5 Å². The molecule has 1 aromatic carbocycles. The minimum atomic E-state index is -0.242. The maximum absolute atomic E-state index is 12.5. The Hall–Kier alpha value is -2.74. The van der Waals surface area contributed by atoms with Gasteiger partial charge in [-0.05, 0) is 36.8 Å². The molecule has 0 saturated heterocycles. The lowest BCUT2D eigenvalue weighted by molar-refractivity contribution is 0.171. The zero-order chi connectivity index (χ0) is 16.2. The van der Waals surface area contributed by atoms with Crippen LogP contribution in [-0.4, -0.2) is 17.8 Å². The summed E-state index contributed by atoms with van der Waals surface area (Å²) in [5.74, 6) is 1.41. The summed E-state index contributed by atoms with van der Waals surface area (Å²) in [5, 5.41) is 9.09. The molecule has 0 aliphatic carbocycles. The average Bonchev–Trinajstić information content (AvgIpc) is 2.60. The Balaban J connectivity index is 2.10. The van der Waals surface area contributed by atoms with Crippen LogP contribution in [0.15, 0.2) is 35.1 Å². The first kappa shape index (κ1) is 15.2. The van der Waals surface area contributed by atoms with Crippen molar-refractivity contribution in [2.45, 2.75) is 26.3 Å². The van der Waals surface area contributed by atoms with E-state index >= 15 is 0 Å². The molecule has 0 radical (unpaired) electrons. The number of hydrogen-bond acceptors (Lipinski definition) is 4. The Bertz CT molecular complexity index is 818. The molecule has 0 fully saturated rings. The number of nitrogens with zero attached hydrogens (tertiary/aromatic N) is 2. The Kier molecular flexibility index (Phi) is 4.33. The van der Waals surface area contributed by atoms with E-state index in [1.165, 1.54) is 0 Å². The number of fused-ring (bicyclic) bond motifs is 1. The molecule has 118 valence electrons. The van der Waals surface area contributed by atoms with Gasteiger partial charge in [0.25, 0.3) is 5.56 Å². The van der Waals surface area contributed by atoms with Crippen molar-refractivity contribution in [2.75, 3.05) is 13.2 Å². The number of pyridine rings is 1. The molecule has 23 heavy (non-hydrogen) atoms. The number of benzene rings is 1. The molecule has 0 N–H and O–H groups in total. The maximum Gasteiger partial charge on any atom is 0.268 e. The molecule has 5 heteroatoms. The van der Waals surface area contributed by atoms with Crippen molar-refractivity contribution in [2.24, 2.45) is 0 Å². The lowest BCUT2D eigenvalue weighted by Gasteiger charge is -2.20. The summed E-state index contributed by atoms with van der Waals surface area (Å²) >= 11 is 0. The van der Waals surface area contributed by atoms with Crippen molar-refractivity contribution in [3.63, 3.8) is 0 Å². The van der Waals surface area contributed by atoms with E-state index < -0.39 is 0 Å². The first-order valence-corrected chi connectivity index (χ1v) is 7.78. The van der Waals surface area contributed by atoms with Crippen LogP contribution in [0.4, 0.5) is 0 Å². The van der Waals surface area contributed by atoms with E-state index in [0.29, 0.717) is 25.5 Å². The smallest absolute Gasteiger partial charge is 0.268 e. The van der Waals surface area contributed by atoms with Crippen molar-refractivity contribution in [1.29, 1.82) is 5.26 Å². The number of aromatic nitrogens is 1. The van der Waals surface area contributed by atoms with Crippen molar-refractivity contribution < 1.29 is 9.47 Å². The Morgan fingerprint density at radius 1 is 1.17 bits per heavy atom. The zero-order valence-electron chi connectivity index (χ0n) is 13.0. The highest BCUT2D eigenvalue weighted by Gasteiger charge is 2.15. The van der Waals surface area contributed by atoms with Crippen molar-refractivity contribution in [3.05, 3.63) is 46.2 Å². The molecule has 2 heterocycles. The predicted molar refractivity (Wildman–Crippen MR) is 86.8 cm³/mol. The molecule has 0 unspecified atom stereocenters. The highest BCUT2D eigenvalue weighted by molar-refractivity contribution is 5.65. The second-order valence-electron chi connectivity index (χ2n) is 5.41. The standard InChI is InChI=1S/C18H18N2O3/c1-2-3-8-20-15(6-4-14(12-19)18(20)21)13-5-7-16-17(11-13)23-10-9-22-16/h4-7,11H,2-3,8-10H2,1H3. The van der Waals surface area contributed by atoms with Crippen LogP contribution in [0, 0.1) is 11.3 Å². The molecule has 0 spiro atoms. The minimum absolute atomic E-state index is 0.169. The van der Waals surface area contributed by atoms with Gasteiger partial charge >= 0.3 is 0 Å². The molecule has 1 aliphatic heterocycles. The number of nitriles is 1. The SMILES string of the molecule is CCCCn1c(-c2ccc3c(c2)OCCO3)ccc(C#N)c1=O. The quantitative estimate of drug-likeness (QED) is 0.871. The fraction of sp³-hybridized carbons (Fsp3) is 0.333. The monoisotopic (exact) mass is 310 g/mol. The first-order valence-electron chi connectivity index (χ1n) is 7.78. The Morgan fingerprint density at radius 2 is 1.96 bits per heavy atom. The van der Waals surface area contributed by atoms with Crippen LogP contribution >= 0.6 is 0 Å². The van der Waals surface area contributed by atoms with Gasteiger partial charge in [0, 0.05) is 12.1 Å². The minimum Gasteiger partial charge on any atom is -0.486 e. The van der Waals surface area contributed by atoms with E-state index in [9.17, 15) is 4.79 Å². The Morgan fingerprint density at radius 3 is 2.70 bits per heavy atom. The second-order valence-corrected chi connectivity index (χ2v) is 5.41. The third kappa shape index (κ3) is 2.93. The summed E-state index contributed by atoms with van der Waals surface area (Å²) in [6.45, 7) is 3.73. The molecule has 5 nitrogen and oxygen atoms in total. The van der Waals surface area contributed by atoms with Gasteiger partial charge in [0.2, 0.25) is 0 Å². The molecule has 0 atom stereocenters. The first-order chi connectivity index (χ1) is 11.2. The van der Waals surface area contributed by atoms with Gasteiger partial charge in [-0.1, -0.05) is 13.3 Å². The topological polar surface area (TPSA) is 64.2 Å². The molecular formula is C18H18N2O3. The predicted octanol–water partition coefficient (Wildman–Crippen LogP) is 2.96. The normalized spacial score (nSPS) is 12.7. The van der Waals surface area contributed by atoms with E-state index in [-0.39, 0.29) is 11.1 Å². The van der Waals surface area contributed by atoms with E-state index in [4.69, 9.17) is 14.7 Å². The van der Waals surface area contributed by atoms with E-state index in [0.717, 1.165) is 29.8 Å². The van der Waals surface area contributed by atoms with Gasteiger partial charge in [0.1, 0.15) is 24.8 Å². The van der Waals surface area contributed by atoms with Crippen LogP contribution in [0.2, 0.25) is 0 Å². The van der Waals surface area contributed by atoms with Crippen molar-refractivity contribution in [1.82, 2.24) is 4.57 Å². The van der Waals surface area contributed by atoms with Gasteiger partial charge in [-0.15, -0.1) is 0 Å². The molecular weight excluding hydrogens is 292 g/mol. The largest absolute Gasteiger partial charge is 0.486 e. The highest BCUT2D eigenvalue weighted by Crippen LogP contribution is 2.34. The molecule has 3 rings (SSSR count). The van der Waals surface area contributed by atoms with Crippen molar-refractivity contribution in [3.8, 4) is 28.8 Å². The van der Waals surface area contributed by atoms with Gasteiger partial charge in [-0.3, -0.25) is 4.79 Å². The van der Waals surface area contributed by atoms with Gasteiger partial charge in [-0.2, -0.15) is 5.26 Å². The zero-order valence-corrected chi connectivity index (χ0v) is 13.0. The number of rotatable bonds is 4. The lowest BCUT2D eigenvalue weighted by Crippen LogP contribution is -2.24. The van der Waals surface area contributed by atoms with Crippen LogP contribution in [0.3, 0.4) is 0 Å². The average molecular weight is 310 g/mol. The fourth-order valence-corrected chi connectivity index (χ4v) is 2.66. The lowest BCUT2D eigenvalue weighted by atomic mass is 10.1. The number of hydrogen-bond donors (Lipinski definition) is 0. The number of unbranched alkanes of at least 4 members (excludes halogenated alkanes) is 1.